The summed E-state index contributed by atoms with van der Waals surface area (Å²) in [5, 5.41) is 0.913. The Labute approximate surface area is 62.7 Å². The van der Waals surface area contributed by atoms with Gasteiger partial charge >= 0.3 is 0 Å². The minimum Gasteiger partial charge on any atom is -0.446 e. The summed E-state index contributed by atoms with van der Waals surface area (Å²) in [6.45, 7) is 0. The Hall–Kier alpha value is -1.64. The number of aldehydes is 1. The van der Waals surface area contributed by atoms with E-state index in [-0.39, 0.29) is 0 Å². The molecule has 2 aromatic heterocycles. The maximum absolute atomic E-state index is 10.3. The maximum atomic E-state index is 10.3. The molecule has 0 aliphatic carbocycles. The highest BCUT2D eigenvalue weighted by atomic mass is 16.3. The lowest BCUT2D eigenvalue weighted by molar-refractivity contribution is 0.111. The third kappa shape index (κ3) is 0.902. The molecule has 0 aliphatic heterocycles. The van der Waals surface area contributed by atoms with Gasteiger partial charge in [-0.05, 0) is 18.2 Å². The standard InChI is InChI=1S/C8H5NO2/c10-5-7-2-1-6-3-4-11-8(6)9-7/h1-5H. The van der Waals surface area contributed by atoms with Crippen LogP contribution in [0.2, 0.25) is 0 Å². The van der Waals surface area contributed by atoms with Gasteiger partial charge in [-0.2, -0.15) is 0 Å². The van der Waals surface area contributed by atoms with Crippen LogP contribution in [0, 0.1) is 0 Å². The lowest BCUT2D eigenvalue weighted by Gasteiger charge is -1.87. The Morgan fingerprint density at radius 1 is 1.36 bits per heavy atom. The fourth-order valence-electron chi connectivity index (χ4n) is 0.924. The SMILES string of the molecule is O=Cc1ccc2ccoc2n1. The first kappa shape index (κ1) is 6.09. The van der Waals surface area contributed by atoms with E-state index in [1.165, 1.54) is 0 Å². The number of fused-ring (bicyclic) bond motifs is 1. The van der Waals surface area contributed by atoms with Gasteiger partial charge in [0.05, 0.1) is 6.26 Å². The normalized spacial score (nSPS) is 10.2. The van der Waals surface area contributed by atoms with Crippen LogP contribution in [0.25, 0.3) is 11.1 Å². The van der Waals surface area contributed by atoms with Crippen LogP contribution in [-0.4, -0.2) is 11.3 Å². The van der Waals surface area contributed by atoms with Crippen molar-refractivity contribution in [2.75, 3.05) is 0 Å². The van der Waals surface area contributed by atoms with Gasteiger partial charge < -0.3 is 4.42 Å². The second-order valence-corrected chi connectivity index (χ2v) is 2.17. The Morgan fingerprint density at radius 3 is 3.09 bits per heavy atom. The first-order chi connectivity index (χ1) is 5.40. The first-order valence-electron chi connectivity index (χ1n) is 3.19. The highest BCUT2D eigenvalue weighted by molar-refractivity contribution is 5.79. The molecule has 0 amide bonds. The lowest BCUT2D eigenvalue weighted by atomic mass is 10.3. The largest absolute Gasteiger partial charge is 0.446 e. The minimum absolute atomic E-state index is 0.396. The van der Waals surface area contributed by atoms with Gasteiger partial charge in [-0.15, -0.1) is 0 Å². The third-order valence-corrected chi connectivity index (χ3v) is 1.46. The number of carbonyl (C=O) groups is 1. The van der Waals surface area contributed by atoms with Gasteiger partial charge in [0.2, 0.25) is 5.71 Å². The second kappa shape index (κ2) is 2.20. The van der Waals surface area contributed by atoms with Gasteiger partial charge in [0.25, 0.3) is 0 Å². The van der Waals surface area contributed by atoms with Crippen molar-refractivity contribution in [1.82, 2.24) is 4.98 Å². The molecular weight excluding hydrogens is 142 g/mol. The summed E-state index contributed by atoms with van der Waals surface area (Å²) in [6, 6.07) is 5.26. The molecule has 0 aliphatic rings. The summed E-state index contributed by atoms with van der Waals surface area (Å²) in [4.78, 5) is 14.2. The number of aromatic nitrogens is 1. The van der Waals surface area contributed by atoms with E-state index in [9.17, 15) is 4.79 Å². The molecule has 0 fully saturated rings. The molecule has 3 heteroatoms. The smallest absolute Gasteiger partial charge is 0.226 e. The molecule has 3 nitrogen and oxygen atoms in total. The number of furan rings is 1. The monoisotopic (exact) mass is 147 g/mol. The zero-order valence-electron chi connectivity index (χ0n) is 5.65. The van der Waals surface area contributed by atoms with Crippen LogP contribution in [0.4, 0.5) is 0 Å². The average Bonchev–Trinajstić information content (AvgIpc) is 2.50. The van der Waals surface area contributed by atoms with E-state index in [1.807, 2.05) is 0 Å². The quantitative estimate of drug-likeness (QED) is 0.576. The number of hydrogen-bond donors (Lipinski definition) is 0. The Morgan fingerprint density at radius 2 is 2.27 bits per heavy atom. The predicted octanol–water partition coefficient (Wildman–Crippen LogP) is 1.64. The molecule has 2 heterocycles. The van der Waals surface area contributed by atoms with Crippen molar-refractivity contribution >= 4 is 17.4 Å². The van der Waals surface area contributed by atoms with Crippen LogP contribution in [0.15, 0.2) is 28.9 Å². The molecule has 11 heavy (non-hydrogen) atoms. The van der Waals surface area contributed by atoms with Crippen LogP contribution < -0.4 is 0 Å². The summed E-state index contributed by atoms with van der Waals surface area (Å²) in [7, 11) is 0. The number of pyridine rings is 1. The van der Waals surface area contributed by atoms with E-state index in [0.717, 1.165) is 5.39 Å². The van der Waals surface area contributed by atoms with Crippen LogP contribution in [0.3, 0.4) is 0 Å². The Bertz CT molecular complexity index is 392. The first-order valence-corrected chi connectivity index (χ1v) is 3.19. The summed E-state index contributed by atoms with van der Waals surface area (Å²) >= 11 is 0. The van der Waals surface area contributed by atoms with E-state index >= 15 is 0 Å². The van der Waals surface area contributed by atoms with Crippen molar-refractivity contribution in [3.8, 4) is 0 Å². The molecule has 0 atom stereocenters. The van der Waals surface area contributed by atoms with E-state index in [1.54, 1.807) is 24.5 Å². The number of rotatable bonds is 1. The van der Waals surface area contributed by atoms with Crippen molar-refractivity contribution in [2.45, 2.75) is 0 Å². The number of nitrogens with zero attached hydrogens (tertiary/aromatic N) is 1. The molecule has 0 aromatic carbocycles. The molecule has 54 valence electrons. The van der Waals surface area contributed by atoms with E-state index in [4.69, 9.17) is 4.42 Å². The average molecular weight is 147 g/mol. The molecule has 0 spiro atoms. The highest BCUT2D eigenvalue weighted by Crippen LogP contribution is 2.11. The Kier molecular flexibility index (Phi) is 1.22. The second-order valence-electron chi connectivity index (χ2n) is 2.17. The van der Waals surface area contributed by atoms with E-state index in [0.29, 0.717) is 17.7 Å². The number of carbonyl (C=O) groups excluding carboxylic acids is 1. The number of hydrogen-bond acceptors (Lipinski definition) is 3. The predicted molar refractivity (Wildman–Crippen MR) is 39.4 cm³/mol. The lowest BCUT2D eigenvalue weighted by Crippen LogP contribution is -1.83. The minimum atomic E-state index is 0.396. The molecule has 0 saturated carbocycles. The van der Waals surface area contributed by atoms with Crippen molar-refractivity contribution < 1.29 is 9.21 Å². The van der Waals surface area contributed by atoms with Gasteiger partial charge in [0, 0.05) is 5.39 Å². The molecule has 0 radical (unpaired) electrons. The molecule has 2 aromatic rings. The fourth-order valence-corrected chi connectivity index (χ4v) is 0.924. The zero-order chi connectivity index (χ0) is 7.68. The van der Waals surface area contributed by atoms with Crippen LogP contribution in [-0.2, 0) is 0 Å². The zero-order valence-corrected chi connectivity index (χ0v) is 5.65. The molecule has 0 N–H and O–H groups in total. The van der Waals surface area contributed by atoms with Crippen molar-refractivity contribution in [3.05, 3.63) is 30.2 Å². The van der Waals surface area contributed by atoms with Crippen LogP contribution in [0.5, 0.6) is 0 Å². The molecule has 0 saturated heterocycles. The van der Waals surface area contributed by atoms with Crippen molar-refractivity contribution in [2.24, 2.45) is 0 Å². The Balaban J connectivity index is 2.76. The summed E-state index contributed by atoms with van der Waals surface area (Å²) < 4.78 is 4.99. The topological polar surface area (TPSA) is 43.1 Å². The van der Waals surface area contributed by atoms with Gasteiger partial charge in [-0.1, -0.05) is 0 Å². The van der Waals surface area contributed by atoms with Crippen LogP contribution in [0.1, 0.15) is 10.5 Å². The van der Waals surface area contributed by atoms with Gasteiger partial charge in [0.1, 0.15) is 5.69 Å². The van der Waals surface area contributed by atoms with Gasteiger partial charge in [-0.25, -0.2) is 4.98 Å². The van der Waals surface area contributed by atoms with Crippen LogP contribution >= 0.6 is 0 Å². The van der Waals surface area contributed by atoms with E-state index in [2.05, 4.69) is 4.98 Å². The highest BCUT2D eigenvalue weighted by Gasteiger charge is 1.97. The fraction of sp³-hybridized carbons (Fsp3) is 0. The molecular formula is C8H5NO2. The van der Waals surface area contributed by atoms with E-state index < -0.39 is 0 Å². The summed E-state index contributed by atoms with van der Waals surface area (Å²) in [5.41, 5.74) is 0.905. The van der Waals surface area contributed by atoms with Gasteiger partial charge in [-0.3, -0.25) is 4.79 Å². The summed E-state index contributed by atoms with van der Waals surface area (Å²) in [5.74, 6) is 0. The molecule has 2 rings (SSSR count). The maximum Gasteiger partial charge on any atom is 0.226 e. The summed E-state index contributed by atoms with van der Waals surface area (Å²) in [6.07, 6.45) is 2.24. The van der Waals surface area contributed by atoms with Crippen molar-refractivity contribution in [1.29, 1.82) is 0 Å². The molecule has 0 unspecified atom stereocenters. The molecule has 0 bridgehead atoms. The third-order valence-electron chi connectivity index (χ3n) is 1.46. The van der Waals surface area contributed by atoms with Crippen molar-refractivity contribution in [3.63, 3.8) is 0 Å². The van der Waals surface area contributed by atoms with Gasteiger partial charge in [0.15, 0.2) is 6.29 Å².